The fourth-order valence-corrected chi connectivity index (χ4v) is 1.73. The van der Waals surface area contributed by atoms with Gasteiger partial charge in [0.25, 0.3) is 0 Å². The van der Waals surface area contributed by atoms with E-state index < -0.39 is 30.9 Å². The molecule has 0 amide bonds. The van der Waals surface area contributed by atoms with Gasteiger partial charge in [0, 0.05) is 12.2 Å². The number of hydrogen-bond donors (Lipinski definition) is 2. The minimum absolute atomic E-state index is 0.0911. The Kier molecular flexibility index (Phi) is 6.49. The first kappa shape index (κ1) is 21.1. The van der Waals surface area contributed by atoms with Gasteiger partial charge in [-0.1, -0.05) is 6.08 Å². The molecule has 0 unspecified atom stereocenters. The van der Waals surface area contributed by atoms with Gasteiger partial charge in [-0.3, -0.25) is 0 Å². The van der Waals surface area contributed by atoms with Crippen LogP contribution in [0.2, 0.25) is 0 Å². The summed E-state index contributed by atoms with van der Waals surface area (Å²) in [5.41, 5.74) is 0.247. The van der Waals surface area contributed by atoms with E-state index in [0.717, 1.165) is 12.1 Å². The molecule has 0 bridgehead atoms. The number of benzene rings is 1. The third-order valence-electron chi connectivity index (χ3n) is 2.73. The molecular formula is C15H13F6N5O2. The molecule has 0 aliphatic rings. The molecule has 1 aromatic carbocycles. The van der Waals surface area contributed by atoms with E-state index >= 15 is 0 Å². The van der Waals surface area contributed by atoms with E-state index in [1.54, 1.807) is 0 Å². The van der Waals surface area contributed by atoms with Crippen LogP contribution in [0.25, 0.3) is 0 Å². The number of hydrogen-bond acceptors (Lipinski definition) is 7. The van der Waals surface area contributed by atoms with Gasteiger partial charge < -0.3 is 20.1 Å². The number of nitrogens with one attached hydrogen (secondary N) is 2. The highest BCUT2D eigenvalue weighted by atomic mass is 19.4. The lowest BCUT2D eigenvalue weighted by Gasteiger charge is -2.12. The van der Waals surface area contributed by atoms with Crippen molar-refractivity contribution in [1.29, 1.82) is 0 Å². The van der Waals surface area contributed by atoms with Crippen LogP contribution < -0.4 is 20.1 Å². The zero-order valence-corrected chi connectivity index (χ0v) is 13.9. The van der Waals surface area contributed by atoms with Crippen molar-refractivity contribution in [1.82, 2.24) is 15.0 Å². The highest BCUT2D eigenvalue weighted by molar-refractivity contribution is 5.55. The zero-order chi connectivity index (χ0) is 20.8. The van der Waals surface area contributed by atoms with Crippen molar-refractivity contribution in [3.63, 3.8) is 0 Å². The van der Waals surface area contributed by atoms with Gasteiger partial charge in [0.2, 0.25) is 11.9 Å². The summed E-state index contributed by atoms with van der Waals surface area (Å²) in [6, 6.07) is 3.94. The molecule has 0 saturated carbocycles. The van der Waals surface area contributed by atoms with E-state index in [4.69, 9.17) is 0 Å². The fourth-order valence-electron chi connectivity index (χ4n) is 1.73. The summed E-state index contributed by atoms with van der Waals surface area (Å²) in [5, 5.41) is 5.29. The first-order valence-corrected chi connectivity index (χ1v) is 7.47. The van der Waals surface area contributed by atoms with Gasteiger partial charge in [0.1, 0.15) is 5.75 Å². The summed E-state index contributed by atoms with van der Waals surface area (Å²) in [6.45, 7) is 2.07. The number of rotatable bonds is 8. The monoisotopic (exact) mass is 409 g/mol. The summed E-state index contributed by atoms with van der Waals surface area (Å²) in [5.74, 6) is -0.730. The first-order valence-electron chi connectivity index (χ1n) is 7.47. The number of anilines is 3. The topological polar surface area (TPSA) is 81.2 Å². The second-order valence-corrected chi connectivity index (χ2v) is 5.04. The smallest absolute Gasteiger partial charge is 0.454 e. The van der Waals surface area contributed by atoms with Crippen molar-refractivity contribution < 1.29 is 35.8 Å². The predicted octanol–water partition coefficient (Wildman–Crippen LogP) is 4.05. The summed E-state index contributed by atoms with van der Waals surface area (Å²) < 4.78 is 81.7. The molecule has 28 heavy (non-hydrogen) atoms. The molecule has 0 atom stereocenters. The van der Waals surface area contributed by atoms with Gasteiger partial charge in [-0.15, -0.1) is 19.8 Å². The highest BCUT2D eigenvalue weighted by Gasteiger charge is 2.31. The van der Waals surface area contributed by atoms with Crippen molar-refractivity contribution in [2.75, 3.05) is 23.8 Å². The molecule has 2 N–H and O–H groups in total. The molecule has 2 rings (SSSR count). The Bertz CT molecular complexity index is 795. The quantitative estimate of drug-likeness (QED) is 0.503. The van der Waals surface area contributed by atoms with Gasteiger partial charge in [0.05, 0.1) is 0 Å². The largest absolute Gasteiger partial charge is 0.573 e. The van der Waals surface area contributed by atoms with Crippen molar-refractivity contribution in [3.8, 4) is 11.8 Å². The Morgan fingerprint density at radius 1 is 0.964 bits per heavy atom. The lowest BCUT2D eigenvalue weighted by atomic mass is 10.3. The molecule has 0 fully saturated rings. The molecule has 0 aliphatic carbocycles. The number of nitrogens with zero attached hydrogens (tertiary/aromatic N) is 3. The third-order valence-corrected chi connectivity index (χ3v) is 2.73. The molecule has 13 heteroatoms. The third kappa shape index (κ3) is 7.55. The van der Waals surface area contributed by atoms with Crippen LogP contribution in [0.3, 0.4) is 0 Å². The summed E-state index contributed by atoms with van der Waals surface area (Å²) in [7, 11) is 0. The molecule has 0 aliphatic heterocycles. The lowest BCUT2D eigenvalue weighted by Crippen LogP contribution is -2.21. The maximum atomic E-state index is 12.3. The van der Waals surface area contributed by atoms with Crippen molar-refractivity contribution in [2.45, 2.75) is 12.5 Å². The molecule has 2 aromatic rings. The SMILES string of the molecule is C=CCNc1nc(Nc2ccc(OC(F)(F)F)cc2)nc(OCC(F)(F)F)n1. The van der Waals surface area contributed by atoms with E-state index in [-0.39, 0.29) is 24.1 Å². The zero-order valence-electron chi connectivity index (χ0n) is 13.9. The average molecular weight is 409 g/mol. The van der Waals surface area contributed by atoms with Gasteiger partial charge in [-0.2, -0.15) is 28.1 Å². The molecule has 1 aromatic heterocycles. The van der Waals surface area contributed by atoms with Crippen LogP contribution in [0.5, 0.6) is 11.8 Å². The van der Waals surface area contributed by atoms with Crippen molar-refractivity contribution >= 4 is 17.6 Å². The normalized spacial score (nSPS) is 11.6. The van der Waals surface area contributed by atoms with Crippen LogP contribution in [-0.2, 0) is 0 Å². The van der Waals surface area contributed by atoms with E-state index in [1.165, 1.54) is 18.2 Å². The van der Waals surface area contributed by atoms with Gasteiger partial charge in [-0.25, -0.2) is 0 Å². The molecule has 1 heterocycles. The molecule has 0 radical (unpaired) electrons. The highest BCUT2D eigenvalue weighted by Crippen LogP contribution is 2.25. The maximum absolute atomic E-state index is 12.3. The maximum Gasteiger partial charge on any atom is 0.573 e. The van der Waals surface area contributed by atoms with E-state index in [2.05, 4.69) is 41.6 Å². The Labute approximate surface area is 154 Å². The first-order chi connectivity index (χ1) is 13.0. The number of ether oxygens (including phenoxy) is 2. The van der Waals surface area contributed by atoms with Gasteiger partial charge >= 0.3 is 18.5 Å². The van der Waals surface area contributed by atoms with E-state index in [1.807, 2.05) is 0 Å². The molecular weight excluding hydrogens is 396 g/mol. The Morgan fingerprint density at radius 3 is 2.18 bits per heavy atom. The summed E-state index contributed by atoms with van der Waals surface area (Å²) >= 11 is 0. The van der Waals surface area contributed by atoms with E-state index in [9.17, 15) is 26.3 Å². The van der Waals surface area contributed by atoms with Crippen molar-refractivity contribution in [3.05, 3.63) is 36.9 Å². The average Bonchev–Trinajstić information content (AvgIpc) is 2.58. The number of halogens is 6. The van der Waals surface area contributed by atoms with Gasteiger partial charge in [0.15, 0.2) is 6.61 Å². The van der Waals surface area contributed by atoms with E-state index in [0.29, 0.717) is 0 Å². The van der Waals surface area contributed by atoms with Crippen LogP contribution in [-0.4, -0.2) is 40.6 Å². The second-order valence-electron chi connectivity index (χ2n) is 5.04. The Balaban J connectivity index is 2.17. The molecule has 0 saturated heterocycles. The Hall–Kier alpha value is -3.25. The predicted molar refractivity (Wildman–Crippen MR) is 86.5 cm³/mol. The van der Waals surface area contributed by atoms with Crippen LogP contribution in [0.15, 0.2) is 36.9 Å². The lowest BCUT2D eigenvalue weighted by molar-refractivity contribution is -0.274. The van der Waals surface area contributed by atoms with Crippen LogP contribution in [0, 0.1) is 0 Å². The second kappa shape index (κ2) is 8.63. The van der Waals surface area contributed by atoms with Crippen LogP contribution in [0.4, 0.5) is 43.9 Å². The molecule has 152 valence electrons. The summed E-state index contributed by atoms with van der Waals surface area (Å²) in [4.78, 5) is 11.3. The fraction of sp³-hybridized carbons (Fsp3) is 0.267. The Morgan fingerprint density at radius 2 is 1.61 bits per heavy atom. The van der Waals surface area contributed by atoms with Crippen molar-refractivity contribution in [2.24, 2.45) is 0 Å². The summed E-state index contributed by atoms with van der Waals surface area (Å²) in [6.07, 6.45) is -7.96. The molecule has 7 nitrogen and oxygen atoms in total. The van der Waals surface area contributed by atoms with Crippen LogP contribution >= 0.6 is 0 Å². The van der Waals surface area contributed by atoms with Gasteiger partial charge in [-0.05, 0) is 24.3 Å². The number of aromatic nitrogens is 3. The van der Waals surface area contributed by atoms with Crippen LogP contribution in [0.1, 0.15) is 0 Å². The minimum Gasteiger partial charge on any atom is -0.454 e. The standard InChI is InChI=1S/C15H13F6N5O2/c1-2-7-22-11-24-12(26-13(25-11)27-8-14(16,17)18)23-9-3-5-10(6-4-9)28-15(19,20)21/h2-6H,1,7-8H2,(H2,22,23,24,25,26). The number of alkyl halides is 6. The minimum atomic E-state index is -4.83. The molecule has 0 spiro atoms.